The third kappa shape index (κ3) is 6.23. The van der Waals surface area contributed by atoms with Gasteiger partial charge >= 0.3 is 5.97 Å². The van der Waals surface area contributed by atoms with Crippen molar-refractivity contribution in [2.75, 3.05) is 25.7 Å². The highest BCUT2D eigenvalue weighted by molar-refractivity contribution is 7.99. The Morgan fingerprint density at radius 1 is 1.50 bits per heavy atom. The van der Waals surface area contributed by atoms with Gasteiger partial charge in [0.05, 0.1) is 13.2 Å². The van der Waals surface area contributed by atoms with Crippen LogP contribution in [0.25, 0.3) is 0 Å². The Labute approximate surface area is 89.5 Å². The zero-order chi connectivity index (χ0) is 11.0. The number of hydrogen-bond acceptors (Lipinski definition) is 5. The second kappa shape index (κ2) is 8.08. The minimum Gasteiger partial charge on any atom is -0.468 e. The van der Waals surface area contributed by atoms with Gasteiger partial charge in [0.15, 0.2) is 0 Å². The molecule has 0 fully saturated rings. The predicted molar refractivity (Wildman–Crippen MR) is 58.4 cm³/mol. The van der Waals surface area contributed by atoms with Crippen LogP contribution < -0.4 is 5.73 Å². The monoisotopic (exact) mass is 221 g/mol. The molecule has 4 nitrogen and oxygen atoms in total. The summed E-state index contributed by atoms with van der Waals surface area (Å²) in [6.45, 7) is 2.01. The average Bonchev–Trinajstić information content (AvgIpc) is 2.22. The van der Waals surface area contributed by atoms with E-state index in [4.69, 9.17) is 10.5 Å². The van der Waals surface area contributed by atoms with Crippen molar-refractivity contribution in [3.8, 4) is 0 Å². The van der Waals surface area contributed by atoms with Gasteiger partial charge in [-0.05, 0) is 19.1 Å². The molecule has 0 aliphatic heterocycles. The Balaban J connectivity index is 3.40. The maximum Gasteiger partial charge on any atom is 0.322 e. The highest BCUT2D eigenvalue weighted by Gasteiger charge is 2.12. The van der Waals surface area contributed by atoms with Gasteiger partial charge in [0, 0.05) is 12.9 Å². The van der Waals surface area contributed by atoms with Gasteiger partial charge in [0.1, 0.15) is 6.04 Å². The molecule has 0 aliphatic carbocycles. The normalized spacial score (nSPS) is 14.9. The zero-order valence-electron chi connectivity index (χ0n) is 8.99. The number of carbonyl (C=O) groups is 1. The molecule has 0 saturated heterocycles. The summed E-state index contributed by atoms with van der Waals surface area (Å²) in [7, 11) is 3.04. The van der Waals surface area contributed by atoms with Gasteiger partial charge in [-0.15, -0.1) is 0 Å². The lowest BCUT2D eigenvalue weighted by Gasteiger charge is -2.10. The van der Waals surface area contributed by atoms with Gasteiger partial charge in [0.25, 0.3) is 0 Å². The molecular formula is C9H19NO3S. The molecule has 0 saturated carbocycles. The predicted octanol–water partition coefficient (Wildman–Crippen LogP) is 0.645. The zero-order valence-corrected chi connectivity index (χ0v) is 9.80. The van der Waals surface area contributed by atoms with E-state index < -0.39 is 6.04 Å². The Morgan fingerprint density at radius 2 is 2.14 bits per heavy atom. The van der Waals surface area contributed by atoms with E-state index in [1.165, 1.54) is 7.11 Å². The van der Waals surface area contributed by atoms with Crippen LogP contribution in [0.4, 0.5) is 0 Å². The number of thioether (sulfide) groups is 1. The van der Waals surface area contributed by atoms with Crippen LogP contribution in [0.2, 0.25) is 0 Å². The quantitative estimate of drug-likeness (QED) is 0.505. The number of esters is 1. The standard InChI is InChI=1S/C9H19NO3S/c1-7(12-2)6-14-5-4-8(10)9(11)13-3/h7-8H,4-6,10H2,1-3H3. The molecule has 2 unspecified atom stereocenters. The fourth-order valence-electron chi connectivity index (χ4n) is 0.797. The SMILES string of the molecule is COC(=O)C(N)CCSCC(C)OC. The summed E-state index contributed by atoms with van der Waals surface area (Å²) in [4.78, 5) is 10.9. The lowest BCUT2D eigenvalue weighted by molar-refractivity contribution is -0.142. The fraction of sp³-hybridized carbons (Fsp3) is 0.889. The number of methoxy groups -OCH3 is 2. The molecule has 0 aromatic rings. The Kier molecular flexibility index (Phi) is 7.93. The lowest BCUT2D eigenvalue weighted by Crippen LogP contribution is -2.32. The first-order valence-electron chi connectivity index (χ1n) is 4.55. The van der Waals surface area contributed by atoms with Crippen molar-refractivity contribution in [3.63, 3.8) is 0 Å². The number of ether oxygens (including phenoxy) is 2. The Bertz CT molecular complexity index is 166. The first-order valence-corrected chi connectivity index (χ1v) is 5.71. The lowest BCUT2D eigenvalue weighted by atomic mass is 10.2. The number of nitrogens with two attached hydrogens (primary N) is 1. The fourth-order valence-corrected chi connectivity index (χ4v) is 1.85. The van der Waals surface area contributed by atoms with Gasteiger partial charge < -0.3 is 15.2 Å². The van der Waals surface area contributed by atoms with Crippen LogP contribution >= 0.6 is 11.8 Å². The minimum atomic E-state index is -0.495. The highest BCUT2D eigenvalue weighted by atomic mass is 32.2. The van der Waals surface area contributed by atoms with Crippen LogP contribution in [0, 0.1) is 0 Å². The summed E-state index contributed by atoms with van der Waals surface area (Å²) in [5, 5.41) is 0. The molecule has 0 aromatic carbocycles. The van der Waals surface area contributed by atoms with E-state index in [1.807, 2.05) is 6.92 Å². The second-order valence-electron chi connectivity index (χ2n) is 3.04. The summed E-state index contributed by atoms with van der Waals surface area (Å²) in [6, 6.07) is -0.495. The van der Waals surface area contributed by atoms with Crippen molar-refractivity contribution in [1.29, 1.82) is 0 Å². The van der Waals surface area contributed by atoms with E-state index in [0.29, 0.717) is 6.42 Å². The molecule has 0 heterocycles. The molecule has 84 valence electrons. The maximum atomic E-state index is 10.9. The van der Waals surface area contributed by atoms with E-state index in [9.17, 15) is 4.79 Å². The van der Waals surface area contributed by atoms with Gasteiger partial charge in [-0.25, -0.2) is 0 Å². The summed E-state index contributed by atoms with van der Waals surface area (Å²) < 4.78 is 9.60. The molecule has 0 rings (SSSR count). The van der Waals surface area contributed by atoms with E-state index in [2.05, 4.69) is 4.74 Å². The molecule has 2 atom stereocenters. The van der Waals surface area contributed by atoms with Crippen LogP contribution in [0.1, 0.15) is 13.3 Å². The van der Waals surface area contributed by atoms with Gasteiger partial charge in [0.2, 0.25) is 0 Å². The summed E-state index contributed by atoms with van der Waals surface area (Å²) >= 11 is 1.73. The topological polar surface area (TPSA) is 61.5 Å². The van der Waals surface area contributed by atoms with Crippen LogP contribution in [-0.2, 0) is 14.3 Å². The van der Waals surface area contributed by atoms with E-state index in [-0.39, 0.29) is 12.1 Å². The average molecular weight is 221 g/mol. The number of carbonyl (C=O) groups excluding carboxylic acids is 1. The van der Waals surface area contributed by atoms with E-state index >= 15 is 0 Å². The third-order valence-electron chi connectivity index (χ3n) is 1.83. The van der Waals surface area contributed by atoms with Crippen LogP contribution in [0.3, 0.4) is 0 Å². The summed E-state index contributed by atoms with van der Waals surface area (Å²) in [5.41, 5.74) is 5.56. The Hall–Kier alpha value is -0.260. The molecular weight excluding hydrogens is 202 g/mol. The molecule has 0 bridgehead atoms. The van der Waals surface area contributed by atoms with Crippen molar-refractivity contribution in [3.05, 3.63) is 0 Å². The smallest absolute Gasteiger partial charge is 0.322 e. The van der Waals surface area contributed by atoms with E-state index in [1.54, 1.807) is 18.9 Å². The molecule has 0 radical (unpaired) electrons. The molecule has 0 aromatic heterocycles. The van der Waals surface area contributed by atoms with Crippen LogP contribution in [0.15, 0.2) is 0 Å². The summed E-state index contributed by atoms with van der Waals surface area (Å²) in [6.07, 6.45) is 0.891. The van der Waals surface area contributed by atoms with E-state index in [0.717, 1.165) is 11.5 Å². The second-order valence-corrected chi connectivity index (χ2v) is 4.19. The first kappa shape index (κ1) is 13.7. The molecule has 5 heteroatoms. The van der Waals surface area contributed by atoms with Gasteiger partial charge in [-0.1, -0.05) is 0 Å². The molecule has 0 amide bonds. The van der Waals surface area contributed by atoms with Crippen LogP contribution in [-0.4, -0.2) is 43.8 Å². The maximum absolute atomic E-state index is 10.9. The van der Waals surface area contributed by atoms with Crippen molar-refractivity contribution in [2.24, 2.45) is 5.73 Å². The van der Waals surface area contributed by atoms with Crippen molar-refractivity contribution < 1.29 is 14.3 Å². The molecule has 2 N–H and O–H groups in total. The highest BCUT2D eigenvalue weighted by Crippen LogP contribution is 2.08. The molecule has 0 spiro atoms. The van der Waals surface area contributed by atoms with Crippen molar-refractivity contribution >= 4 is 17.7 Å². The number of rotatable bonds is 7. The van der Waals surface area contributed by atoms with Crippen LogP contribution in [0.5, 0.6) is 0 Å². The Morgan fingerprint density at radius 3 is 2.64 bits per heavy atom. The van der Waals surface area contributed by atoms with Gasteiger partial charge in [-0.2, -0.15) is 11.8 Å². The van der Waals surface area contributed by atoms with Crippen molar-refractivity contribution in [2.45, 2.75) is 25.5 Å². The van der Waals surface area contributed by atoms with Gasteiger partial charge in [-0.3, -0.25) is 4.79 Å². The first-order chi connectivity index (χ1) is 6.61. The summed E-state index contributed by atoms with van der Waals surface area (Å²) in [5.74, 6) is 1.43. The van der Waals surface area contributed by atoms with Crippen molar-refractivity contribution in [1.82, 2.24) is 0 Å². The largest absolute Gasteiger partial charge is 0.468 e. The molecule has 14 heavy (non-hydrogen) atoms. The minimum absolute atomic E-state index is 0.245. The number of hydrogen-bond donors (Lipinski definition) is 1. The third-order valence-corrected chi connectivity index (χ3v) is 3.06. The molecule has 0 aliphatic rings.